The van der Waals surface area contributed by atoms with Gasteiger partial charge in [0.1, 0.15) is 5.60 Å². The van der Waals surface area contributed by atoms with E-state index in [1.165, 1.54) is 4.70 Å². The number of amides is 1. The van der Waals surface area contributed by atoms with Crippen LogP contribution in [0, 0.1) is 0 Å². The van der Waals surface area contributed by atoms with E-state index in [4.69, 9.17) is 4.74 Å². The van der Waals surface area contributed by atoms with Gasteiger partial charge in [0.25, 0.3) is 0 Å². The Morgan fingerprint density at radius 3 is 2.48 bits per heavy atom. The summed E-state index contributed by atoms with van der Waals surface area (Å²) in [5.74, 6) is 0. The maximum Gasteiger partial charge on any atom is 0.412 e. The summed E-state index contributed by atoms with van der Waals surface area (Å²) in [7, 11) is 0. The number of anilines is 1. The molecule has 0 radical (unpaired) electrons. The molecule has 0 atom stereocenters. The van der Waals surface area contributed by atoms with Crippen LogP contribution in [0.3, 0.4) is 0 Å². The first-order valence-electron chi connectivity index (χ1n) is 7.34. The Balaban J connectivity index is 1.75. The Hall–Kier alpha value is -2.40. The Bertz CT molecular complexity index is 832. The second-order valence-electron chi connectivity index (χ2n) is 6.24. The number of thiazole rings is 1. The van der Waals surface area contributed by atoms with Gasteiger partial charge in [-0.05, 0) is 56.2 Å². The van der Waals surface area contributed by atoms with E-state index in [2.05, 4.69) is 28.5 Å². The van der Waals surface area contributed by atoms with Crippen molar-refractivity contribution in [3.8, 4) is 11.1 Å². The van der Waals surface area contributed by atoms with Crippen LogP contribution in [0.2, 0.25) is 0 Å². The van der Waals surface area contributed by atoms with Crippen LogP contribution in [-0.2, 0) is 4.74 Å². The molecule has 0 bridgehead atoms. The molecule has 0 unspecified atom stereocenters. The van der Waals surface area contributed by atoms with Crippen LogP contribution < -0.4 is 5.32 Å². The van der Waals surface area contributed by atoms with Gasteiger partial charge in [0.2, 0.25) is 0 Å². The molecule has 0 aliphatic heterocycles. The normalized spacial score (nSPS) is 11.4. The summed E-state index contributed by atoms with van der Waals surface area (Å²) in [6.07, 6.45) is -0.450. The highest BCUT2D eigenvalue weighted by Crippen LogP contribution is 2.26. The van der Waals surface area contributed by atoms with Crippen LogP contribution in [0.1, 0.15) is 20.8 Å². The zero-order valence-electron chi connectivity index (χ0n) is 13.3. The first kappa shape index (κ1) is 15.5. The van der Waals surface area contributed by atoms with Crippen molar-refractivity contribution in [1.29, 1.82) is 0 Å². The third kappa shape index (κ3) is 3.87. The first-order chi connectivity index (χ1) is 10.9. The molecule has 0 saturated heterocycles. The summed E-state index contributed by atoms with van der Waals surface area (Å²) in [4.78, 5) is 16.1. The Morgan fingerprint density at radius 1 is 1.09 bits per heavy atom. The number of hydrogen-bond acceptors (Lipinski definition) is 4. The average molecular weight is 326 g/mol. The maximum atomic E-state index is 11.8. The van der Waals surface area contributed by atoms with Gasteiger partial charge in [0, 0.05) is 5.69 Å². The highest BCUT2D eigenvalue weighted by molar-refractivity contribution is 7.16. The fraction of sp³-hybridized carbons (Fsp3) is 0.222. The largest absolute Gasteiger partial charge is 0.444 e. The van der Waals surface area contributed by atoms with Crippen LogP contribution in [0.5, 0.6) is 0 Å². The van der Waals surface area contributed by atoms with Crippen molar-refractivity contribution in [3.05, 3.63) is 48.0 Å². The number of carbonyl (C=O) groups is 1. The Kier molecular flexibility index (Phi) is 4.05. The predicted octanol–water partition coefficient (Wildman–Crippen LogP) is 5.31. The molecular formula is C18H18N2O2S. The second kappa shape index (κ2) is 6.01. The van der Waals surface area contributed by atoms with Crippen molar-refractivity contribution < 1.29 is 9.53 Å². The molecule has 1 heterocycles. The van der Waals surface area contributed by atoms with E-state index >= 15 is 0 Å². The minimum absolute atomic E-state index is 0.450. The van der Waals surface area contributed by atoms with Crippen molar-refractivity contribution in [2.24, 2.45) is 0 Å². The van der Waals surface area contributed by atoms with E-state index in [1.54, 1.807) is 11.3 Å². The minimum Gasteiger partial charge on any atom is -0.444 e. The number of rotatable bonds is 2. The summed E-state index contributed by atoms with van der Waals surface area (Å²) in [5, 5.41) is 2.73. The molecule has 5 heteroatoms. The van der Waals surface area contributed by atoms with E-state index in [-0.39, 0.29) is 0 Å². The molecule has 3 rings (SSSR count). The molecule has 1 N–H and O–H groups in total. The lowest BCUT2D eigenvalue weighted by Gasteiger charge is -2.19. The van der Waals surface area contributed by atoms with Crippen LogP contribution >= 0.6 is 11.3 Å². The van der Waals surface area contributed by atoms with Gasteiger partial charge in [-0.2, -0.15) is 0 Å². The van der Waals surface area contributed by atoms with E-state index in [9.17, 15) is 4.79 Å². The SMILES string of the molecule is CC(C)(C)OC(=O)Nc1ccc(-c2ccc3scnc3c2)cc1. The van der Waals surface area contributed by atoms with Crippen LogP contribution in [0.25, 0.3) is 21.3 Å². The summed E-state index contributed by atoms with van der Waals surface area (Å²) < 4.78 is 6.42. The number of nitrogens with zero attached hydrogens (tertiary/aromatic N) is 1. The molecule has 23 heavy (non-hydrogen) atoms. The summed E-state index contributed by atoms with van der Waals surface area (Å²) in [5.41, 5.74) is 5.23. The molecule has 0 aliphatic rings. The topological polar surface area (TPSA) is 51.2 Å². The Morgan fingerprint density at radius 2 is 1.78 bits per heavy atom. The summed E-state index contributed by atoms with van der Waals surface area (Å²) in [6.45, 7) is 5.51. The molecule has 1 aromatic heterocycles. The number of carbonyl (C=O) groups excluding carboxylic acids is 1. The first-order valence-corrected chi connectivity index (χ1v) is 8.22. The number of benzene rings is 2. The molecule has 3 aromatic rings. The van der Waals surface area contributed by atoms with Crippen molar-refractivity contribution in [2.75, 3.05) is 5.32 Å². The fourth-order valence-electron chi connectivity index (χ4n) is 2.20. The van der Waals surface area contributed by atoms with Crippen molar-refractivity contribution in [3.63, 3.8) is 0 Å². The molecule has 4 nitrogen and oxygen atoms in total. The van der Waals surface area contributed by atoms with E-state index in [1.807, 2.05) is 50.5 Å². The van der Waals surface area contributed by atoms with Gasteiger partial charge in [-0.25, -0.2) is 9.78 Å². The number of nitrogens with one attached hydrogen (secondary N) is 1. The van der Waals surface area contributed by atoms with E-state index in [0.29, 0.717) is 5.69 Å². The number of hydrogen-bond donors (Lipinski definition) is 1. The molecule has 0 fully saturated rings. The monoisotopic (exact) mass is 326 g/mol. The quantitative estimate of drug-likeness (QED) is 0.694. The number of fused-ring (bicyclic) bond motifs is 1. The van der Waals surface area contributed by atoms with E-state index < -0.39 is 11.7 Å². The summed E-state index contributed by atoms with van der Waals surface area (Å²) in [6, 6.07) is 13.9. The van der Waals surface area contributed by atoms with E-state index in [0.717, 1.165) is 16.6 Å². The third-order valence-corrected chi connectivity index (χ3v) is 4.00. The fourth-order valence-corrected chi connectivity index (χ4v) is 2.86. The van der Waals surface area contributed by atoms with Crippen molar-refractivity contribution in [2.45, 2.75) is 26.4 Å². The molecule has 0 aliphatic carbocycles. The van der Waals surface area contributed by atoms with Crippen molar-refractivity contribution in [1.82, 2.24) is 4.98 Å². The molecular weight excluding hydrogens is 308 g/mol. The van der Waals surface area contributed by atoms with Gasteiger partial charge in [0.15, 0.2) is 0 Å². The van der Waals surface area contributed by atoms with Gasteiger partial charge in [-0.3, -0.25) is 5.32 Å². The van der Waals surface area contributed by atoms with Gasteiger partial charge in [-0.1, -0.05) is 18.2 Å². The number of aromatic nitrogens is 1. The lowest BCUT2D eigenvalue weighted by atomic mass is 10.1. The predicted molar refractivity (Wildman–Crippen MR) is 94.9 cm³/mol. The molecule has 1 amide bonds. The standard InChI is InChI=1S/C18H18N2O2S/c1-18(2,3)22-17(21)20-14-7-4-12(5-8-14)13-6-9-16-15(10-13)19-11-23-16/h4-11H,1-3H3,(H,20,21). The lowest BCUT2D eigenvalue weighted by Crippen LogP contribution is -2.27. The molecule has 0 spiro atoms. The van der Waals surface area contributed by atoms with Gasteiger partial charge >= 0.3 is 6.09 Å². The molecule has 118 valence electrons. The highest BCUT2D eigenvalue weighted by Gasteiger charge is 2.16. The molecule has 2 aromatic carbocycles. The average Bonchev–Trinajstić information content (AvgIpc) is 2.93. The highest BCUT2D eigenvalue weighted by atomic mass is 32.1. The smallest absolute Gasteiger partial charge is 0.412 e. The van der Waals surface area contributed by atoms with Gasteiger partial charge in [-0.15, -0.1) is 11.3 Å². The van der Waals surface area contributed by atoms with Gasteiger partial charge < -0.3 is 4.74 Å². The number of ether oxygens (including phenoxy) is 1. The summed E-state index contributed by atoms with van der Waals surface area (Å²) >= 11 is 1.63. The maximum absolute atomic E-state index is 11.8. The zero-order valence-corrected chi connectivity index (χ0v) is 14.1. The van der Waals surface area contributed by atoms with Crippen molar-refractivity contribution >= 4 is 33.3 Å². The molecule has 0 saturated carbocycles. The van der Waals surface area contributed by atoms with Crippen LogP contribution in [0.15, 0.2) is 48.0 Å². The van der Waals surface area contributed by atoms with Crippen LogP contribution in [-0.4, -0.2) is 16.7 Å². The van der Waals surface area contributed by atoms with Crippen LogP contribution in [0.4, 0.5) is 10.5 Å². The van der Waals surface area contributed by atoms with Gasteiger partial charge in [0.05, 0.1) is 15.7 Å². The third-order valence-electron chi connectivity index (χ3n) is 3.19. The minimum atomic E-state index is -0.507. The lowest BCUT2D eigenvalue weighted by molar-refractivity contribution is 0.0636. The second-order valence-corrected chi connectivity index (χ2v) is 7.13. The zero-order chi connectivity index (χ0) is 16.4. The Labute approximate surface area is 139 Å².